The Balaban J connectivity index is 3.20. The summed E-state index contributed by atoms with van der Waals surface area (Å²) >= 11 is 0. The van der Waals surface area contributed by atoms with Gasteiger partial charge in [0.25, 0.3) is 5.91 Å². The molecule has 1 rings (SSSR count). The summed E-state index contributed by atoms with van der Waals surface area (Å²) in [7, 11) is 0. The van der Waals surface area contributed by atoms with Gasteiger partial charge in [0.05, 0.1) is 0 Å². The largest absolute Gasteiger partial charge is 0.508 e. The molecule has 1 aromatic rings. The maximum Gasteiger partial charge on any atom is 0.293 e. The lowest BCUT2D eigenvalue weighted by Crippen LogP contribution is -2.11. The van der Waals surface area contributed by atoms with E-state index in [9.17, 15) is 9.90 Å². The van der Waals surface area contributed by atoms with Gasteiger partial charge in [-0.15, -0.1) is 0 Å². The SMILES string of the molecule is CC(C)(C)c1cc(C#CC(N)=O)ccc1O. The highest BCUT2D eigenvalue weighted by Gasteiger charge is 2.17. The second-order valence-corrected chi connectivity index (χ2v) is 4.60. The van der Waals surface area contributed by atoms with Crippen LogP contribution in [-0.2, 0) is 10.2 Å². The summed E-state index contributed by atoms with van der Waals surface area (Å²) in [5, 5.41) is 9.71. The fourth-order valence-corrected chi connectivity index (χ4v) is 1.35. The molecule has 1 aromatic carbocycles. The van der Waals surface area contributed by atoms with Gasteiger partial charge in [-0.2, -0.15) is 0 Å². The van der Waals surface area contributed by atoms with Crippen molar-refractivity contribution >= 4 is 5.91 Å². The minimum atomic E-state index is -0.662. The van der Waals surface area contributed by atoms with Crippen LogP contribution in [0.4, 0.5) is 0 Å². The molecule has 16 heavy (non-hydrogen) atoms. The highest BCUT2D eigenvalue weighted by atomic mass is 16.3. The summed E-state index contributed by atoms with van der Waals surface area (Å²) in [6, 6.07) is 5.00. The van der Waals surface area contributed by atoms with Gasteiger partial charge in [-0.05, 0) is 29.5 Å². The minimum Gasteiger partial charge on any atom is -0.508 e. The Morgan fingerprint density at radius 1 is 1.38 bits per heavy atom. The molecule has 84 valence electrons. The zero-order valence-corrected chi connectivity index (χ0v) is 9.66. The summed E-state index contributed by atoms with van der Waals surface area (Å²) in [6.07, 6.45) is 0. The predicted octanol–water partition coefficient (Wildman–Crippen LogP) is 1.53. The van der Waals surface area contributed by atoms with Crippen LogP contribution in [0.2, 0.25) is 0 Å². The summed E-state index contributed by atoms with van der Waals surface area (Å²) in [5.41, 5.74) is 6.22. The van der Waals surface area contributed by atoms with E-state index in [-0.39, 0.29) is 11.2 Å². The Kier molecular flexibility index (Phi) is 3.24. The molecule has 0 fully saturated rings. The molecule has 0 aliphatic rings. The smallest absolute Gasteiger partial charge is 0.293 e. The maximum absolute atomic E-state index is 10.5. The normalized spacial score (nSPS) is 10.4. The van der Waals surface area contributed by atoms with Gasteiger partial charge in [-0.3, -0.25) is 4.79 Å². The van der Waals surface area contributed by atoms with Crippen molar-refractivity contribution in [3.63, 3.8) is 0 Å². The van der Waals surface area contributed by atoms with Crippen molar-refractivity contribution in [2.24, 2.45) is 5.73 Å². The van der Waals surface area contributed by atoms with E-state index < -0.39 is 5.91 Å². The quantitative estimate of drug-likeness (QED) is 0.647. The van der Waals surface area contributed by atoms with Crippen molar-refractivity contribution in [3.05, 3.63) is 29.3 Å². The lowest BCUT2D eigenvalue weighted by atomic mass is 9.85. The highest BCUT2D eigenvalue weighted by molar-refractivity contribution is 5.92. The van der Waals surface area contributed by atoms with E-state index in [1.165, 1.54) is 0 Å². The van der Waals surface area contributed by atoms with Crippen LogP contribution < -0.4 is 5.73 Å². The van der Waals surface area contributed by atoms with E-state index in [1.807, 2.05) is 20.8 Å². The van der Waals surface area contributed by atoms with Crippen LogP contribution in [0, 0.1) is 11.8 Å². The number of nitrogens with two attached hydrogens (primary N) is 1. The molecule has 0 saturated heterocycles. The van der Waals surface area contributed by atoms with Gasteiger partial charge in [0.15, 0.2) is 0 Å². The number of phenolic OH excluding ortho intramolecular Hbond substituents is 1. The summed E-state index contributed by atoms with van der Waals surface area (Å²) in [4.78, 5) is 10.5. The lowest BCUT2D eigenvalue weighted by Gasteiger charge is -2.20. The number of rotatable bonds is 0. The monoisotopic (exact) mass is 217 g/mol. The number of carbonyl (C=O) groups excluding carboxylic acids is 1. The molecule has 0 bridgehead atoms. The molecule has 1 amide bonds. The first-order chi connectivity index (χ1) is 7.30. The Bertz CT molecular complexity index is 473. The number of aromatic hydroxyl groups is 1. The molecule has 3 heteroatoms. The average Bonchev–Trinajstić information content (AvgIpc) is 2.14. The van der Waals surface area contributed by atoms with E-state index in [4.69, 9.17) is 5.73 Å². The van der Waals surface area contributed by atoms with Gasteiger partial charge in [0, 0.05) is 11.1 Å². The molecular weight excluding hydrogens is 202 g/mol. The fourth-order valence-electron chi connectivity index (χ4n) is 1.35. The summed E-state index contributed by atoms with van der Waals surface area (Å²) in [6.45, 7) is 5.98. The Hall–Kier alpha value is -1.95. The van der Waals surface area contributed by atoms with Crippen LogP contribution in [0.1, 0.15) is 31.9 Å². The molecule has 3 N–H and O–H groups in total. The molecule has 0 atom stereocenters. The van der Waals surface area contributed by atoms with Gasteiger partial charge >= 0.3 is 0 Å². The molecule has 0 saturated carbocycles. The second-order valence-electron chi connectivity index (χ2n) is 4.60. The Morgan fingerprint density at radius 3 is 2.50 bits per heavy atom. The van der Waals surface area contributed by atoms with Crippen molar-refractivity contribution in [2.45, 2.75) is 26.2 Å². The molecular formula is C13H15NO2. The van der Waals surface area contributed by atoms with Gasteiger partial charge in [0.2, 0.25) is 0 Å². The number of hydrogen-bond donors (Lipinski definition) is 2. The first kappa shape index (κ1) is 12.1. The van der Waals surface area contributed by atoms with Crippen LogP contribution >= 0.6 is 0 Å². The molecule has 0 aliphatic heterocycles. The van der Waals surface area contributed by atoms with E-state index in [0.717, 1.165) is 5.56 Å². The Labute approximate surface area is 95.3 Å². The van der Waals surface area contributed by atoms with Gasteiger partial charge in [-0.1, -0.05) is 26.7 Å². The molecule has 0 radical (unpaired) electrons. The van der Waals surface area contributed by atoms with Crippen LogP contribution in [0.3, 0.4) is 0 Å². The van der Waals surface area contributed by atoms with Crippen LogP contribution in [0.5, 0.6) is 5.75 Å². The van der Waals surface area contributed by atoms with Crippen molar-refractivity contribution < 1.29 is 9.90 Å². The summed E-state index contributed by atoms with van der Waals surface area (Å²) < 4.78 is 0. The summed E-state index contributed by atoms with van der Waals surface area (Å²) in [5.74, 6) is 4.49. The van der Waals surface area contributed by atoms with Crippen LogP contribution in [-0.4, -0.2) is 11.0 Å². The standard InChI is InChI=1S/C13H15NO2/c1-13(2,3)10-8-9(4-6-11(10)15)5-7-12(14)16/h4,6,8,15H,1-3H3,(H2,14,16). The van der Waals surface area contributed by atoms with E-state index in [0.29, 0.717) is 5.56 Å². The topological polar surface area (TPSA) is 63.3 Å². The van der Waals surface area contributed by atoms with E-state index in [1.54, 1.807) is 18.2 Å². The lowest BCUT2D eigenvalue weighted by molar-refractivity contribution is -0.112. The highest BCUT2D eigenvalue weighted by Crippen LogP contribution is 2.30. The van der Waals surface area contributed by atoms with Gasteiger partial charge < -0.3 is 10.8 Å². The zero-order valence-electron chi connectivity index (χ0n) is 9.66. The van der Waals surface area contributed by atoms with Crippen molar-refractivity contribution in [1.29, 1.82) is 0 Å². The number of benzene rings is 1. The minimum absolute atomic E-state index is 0.172. The van der Waals surface area contributed by atoms with Crippen LogP contribution in [0.25, 0.3) is 0 Å². The van der Waals surface area contributed by atoms with E-state index in [2.05, 4.69) is 11.8 Å². The van der Waals surface area contributed by atoms with Crippen molar-refractivity contribution in [1.82, 2.24) is 0 Å². The third-order valence-electron chi connectivity index (χ3n) is 2.13. The van der Waals surface area contributed by atoms with Crippen molar-refractivity contribution in [3.8, 4) is 17.6 Å². The molecule has 0 unspecified atom stereocenters. The maximum atomic E-state index is 10.5. The number of primary amides is 1. The van der Waals surface area contributed by atoms with E-state index >= 15 is 0 Å². The number of amides is 1. The van der Waals surface area contributed by atoms with Gasteiger partial charge in [-0.25, -0.2) is 0 Å². The molecule has 3 nitrogen and oxygen atoms in total. The third kappa shape index (κ3) is 3.03. The third-order valence-corrected chi connectivity index (χ3v) is 2.13. The first-order valence-corrected chi connectivity index (χ1v) is 4.95. The van der Waals surface area contributed by atoms with Crippen molar-refractivity contribution in [2.75, 3.05) is 0 Å². The number of phenols is 1. The molecule has 0 spiro atoms. The van der Waals surface area contributed by atoms with Gasteiger partial charge in [0.1, 0.15) is 5.75 Å². The molecule has 0 aromatic heterocycles. The van der Waals surface area contributed by atoms with Crippen LogP contribution in [0.15, 0.2) is 18.2 Å². The second kappa shape index (κ2) is 4.28. The predicted molar refractivity (Wildman–Crippen MR) is 62.9 cm³/mol. The zero-order chi connectivity index (χ0) is 12.3. The Morgan fingerprint density at radius 2 is 2.00 bits per heavy atom. The number of carbonyl (C=O) groups is 1. The fraction of sp³-hybridized carbons (Fsp3) is 0.308. The molecule has 0 heterocycles. The number of hydrogen-bond acceptors (Lipinski definition) is 2. The first-order valence-electron chi connectivity index (χ1n) is 4.95. The average molecular weight is 217 g/mol. The molecule has 0 aliphatic carbocycles.